The molecule has 0 radical (unpaired) electrons. The minimum absolute atomic E-state index is 0.174. The maximum absolute atomic E-state index is 12.5. The number of nitrogen functional groups attached to an aromatic ring is 1. The summed E-state index contributed by atoms with van der Waals surface area (Å²) in [6, 6.07) is 19.9. The fourth-order valence-corrected chi connectivity index (χ4v) is 8.41. The molecule has 1 unspecified atom stereocenters. The second-order valence-corrected chi connectivity index (χ2v) is 15.7. The van der Waals surface area contributed by atoms with Crippen molar-refractivity contribution < 1.29 is 14.3 Å². The third-order valence-corrected chi connectivity index (χ3v) is 11.2. The van der Waals surface area contributed by atoms with Crippen LogP contribution in [0.15, 0.2) is 60.9 Å². The van der Waals surface area contributed by atoms with Crippen LogP contribution in [0.3, 0.4) is 0 Å². The Morgan fingerprint density at radius 2 is 1.35 bits per heavy atom. The monoisotopic (exact) mass is 693 g/mol. The Morgan fingerprint density at radius 1 is 0.725 bits per heavy atom. The summed E-state index contributed by atoms with van der Waals surface area (Å²) in [6.45, 7) is 14.1. The number of hydrogen-bond donors (Lipinski definition) is 1. The molecular formula is C39H51N9O3. The lowest BCUT2D eigenvalue weighted by Gasteiger charge is -2.50. The van der Waals surface area contributed by atoms with E-state index in [0.29, 0.717) is 23.9 Å². The smallest absolute Gasteiger partial charge is 0.410 e. The van der Waals surface area contributed by atoms with E-state index in [2.05, 4.69) is 29.3 Å². The first-order valence-electron chi connectivity index (χ1n) is 18.7. The van der Waals surface area contributed by atoms with Gasteiger partial charge in [0.25, 0.3) is 0 Å². The van der Waals surface area contributed by atoms with E-state index in [1.165, 1.54) is 13.0 Å². The molecule has 8 rings (SSSR count). The van der Waals surface area contributed by atoms with Gasteiger partial charge in [-0.05, 0) is 89.3 Å². The Kier molecular flexibility index (Phi) is 9.32. The second kappa shape index (κ2) is 14.0. The zero-order chi connectivity index (χ0) is 35.1. The van der Waals surface area contributed by atoms with Crippen molar-refractivity contribution in [2.75, 3.05) is 58.1 Å². The first-order chi connectivity index (χ1) is 24.7. The number of carbonyl (C=O) groups excluding carboxylic acids is 1. The first-order valence-corrected chi connectivity index (χ1v) is 18.7. The van der Waals surface area contributed by atoms with Crippen molar-refractivity contribution in [3.8, 4) is 22.8 Å². The quantitative estimate of drug-likeness (QED) is 0.260. The number of rotatable bonds is 7. The van der Waals surface area contributed by atoms with Crippen LogP contribution < -0.4 is 10.5 Å². The Morgan fingerprint density at radius 3 is 2.06 bits per heavy atom. The summed E-state index contributed by atoms with van der Waals surface area (Å²) >= 11 is 0. The van der Waals surface area contributed by atoms with Gasteiger partial charge in [0, 0.05) is 76.0 Å². The Bertz CT molecular complexity index is 1800. The van der Waals surface area contributed by atoms with Crippen molar-refractivity contribution in [3.63, 3.8) is 0 Å². The predicted molar refractivity (Wildman–Crippen MR) is 198 cm³/mol. The zero-order valence-electron chi connectivity index (χ0n) is 30.2. The number of ether oxygens (including phenoxy) is 2. The van der Waals surface area contributed by atoms with Crippen LogP contribution in [0.5, 0.6) is 11.5 Å². The molecule has 4 aliphatic heterocycles. The molecule has 0 spiro atoms. The summed E-state index contributed by atoms with van der Waals surface area (Å²) < 4.78 is 13.7. The second-order valence-electron chi connectivity index (χ2n) is 15.7. The molecule has 1 amide bonds. The van der Waals surface area contributed by atoms with Gasteiger partial charge in [0.1, 0.15) is 34.9 Å². The van der Waals surface area contributed by atoms with Crippen molar-refractivity contribution in [3.05, 3.63) is 60.9 Å². The summed E-state index contributed by atoms with van der Waals surface area (Å²) in [6.07, 6.45) is 6.73. The Balaban J connectivity index is 0.840. The number of piperidine rings is 2. The number of fused-ring (bicyclic) bond motifs is 1. The number of carbonyl (C=O) groups is 1. The van der Waals surface area contributed by atoms with E-state index >= 15 is 0 Å². The van der Waals surface area contributed by atoms with Crippen LogP contribution >= 0.6 is 0 Å². The summed E-state index contributed by atoms with van der Waals surface area (Å²) in [5.41, 5.74) is 8.58. The highest BCUT2D eigenvalue weighted by Crippen LogP contribution is 2.36. The molecule has 0 bridgehead atoms. The van der Waals surface area contributed by atoms with E-state index in [0.717, 1.165) is 105 Å². The van der Waals surface area contributed by atoms with E-state index in [-0.39, 0.29) is 12.1 Å². The highest BCUT2D eigenvalue weighted by Gasteiger charge is 2.41. The Hall–Kier alpha value is -4.26. The van der Waals surface area contributed by atoms with Crippen LogP contribution in [0.2, 0.25) is 0 Å². The van der Waals surface area contributed by atoms with Gasteiger partial charge in [-0.3, -0.25) is 14.7 Å². The lowest BCUT2D eigenvalue weighted by atomic mass is 9.97. The number of nitrogens with two attached hydrogens (primary N) is 1. The van der Waals surface area contributed by atoms with Crippen molar-refractivity contribution in [2.45, 2.75) is 82.6 Å². The highest BCUT2D eigenvalue weighted by atomic mass is 16.6. The maximum atomic E-state index is 12.5. The molecule has 0 saturated carbocycles. The molecular weight excluding hydrogens is 642 g/mol. The van der Waals surface area contributed by atoms with Gasteiger partial charge < -0.3 is 20.1 Å². The number of hydrogen-bond acceptors (Lipinski definition) is 10. The molecule has 4 aromatic rings. The molecule has 1 atom stereocenters. The number of para-hydroxylation sites is 1. The van der Waals surface area contributed by atoms with Gasteiger partial charge in [0.15, 0.2) is 5.65 Å². The standard InChI is InChI=1S/C39H51N9O3/c1-39(2,3)51-38(49)45-20-13-28(14-21-45)47-24-31(25-47)46-22-17-30(23-46)44-18-15-29(16-19-44)48-37-34(36(40)41-26-42-37)35(43-48)27-9-11-33(12-10-27)50-32-7-5-4-6-8-32/h4-12,26,28-31H,13-25H2,1-3H3,(H2,40,41,42). The molecule has 4 fully saturated rings. The minimum atomic E-state index is -0.445. The third kappa shape index (κ3) is 7.27. The van der Waals surface area contributed by atoms with Crippen molar-refractivity contribution >= 4 is 22.9 Å². The summed E-state index contributed by atoms with van der Waals surface area (Å²) in [4.78, 5) is 31.5. The normalized spacial score (nSPS) is 22.0. The minimum Gasteiger partial charge on any atom is -0.457 e. The van der Waals surface area contributed by atoms with Gasteiger partial charge >= 0.3 is 6.09 Å². The zero-order valence-corrected chi connectivity index (χ0v) is 30.2. The van der Waals surface area contributed by atoms with E-state index in [4.69, 9.17) is 20.3 Å². The number of anilines is 1. The molecule has 4 aliphatic rings. The lowest BCUT2D eigenvalue weighted by Crippen LogP contribution is -2.63. The van der Waals surface area contributed by atoms with Crippen molar-refractivity contribution in [1.82, 2.24) is 39.3 Å². The largest absolute Gasteiger partial charge is 0.457 e. The SMILES string of the molecule is CC(C)(C)OC(=O)N1CCC(N2CC(N3CCC(N4CCC(n5nc(-c6ccc(Oc7ccccc7)cc6)c6c(N)ncnc65)CC4)C3)C2)CC1. The van der Waals surface area contributed by atoms with Crippen LogP contribution in [-0.4, -0.2) is 122 Å². The fourth-order valence-electron chi connectivity index (χ4n) is 8.41. The van der Waals surface area contributed by atoms with E-state index in [1.54, 1.807) is 6.33 Å². The van der Waals surface area contributed by atoms with Crippen molar-refractivity contribution in [1.29, 1.82) is 0 Å². The van der Waals surface area contributed by atoms with Crippen LogP contribution in [-0.2, 0) is 4.74 Å². The maximum Gasteiger partial charge on any atom is 0.410 e. The molecule has 2 N–H and O–H groups in total. The van der Waals surface area contributed by atoms with E-state index in [9.17, 15) is 4.79 Å². The summed E-state index contributed by atoms with van der Waals surface area (Å²) in [7, 11) is 0. The summed E-state index contributed by atoms with van der Waals surface area (Å²) in [5.74, 6) is 2.02. The third-order valence-electron chi connectivity index (χ3n) is 11.2. The van der Waals surface area contributed by atoms with Gasteiger partial charge in [-0.2, -0.15) is 5.10 Å². The fraction of sp³-hybridized carbons (Fsp3) is 0.538. The first kappa shape index (κ1) is 33.9. The molecule has 6 heterocycles. The van der Waals surface area contributed by atoms with Gasteiger partial charge in [0.2, 0.25) is 0 Å². The molecule has 51 heavy (non-hydrogen) atoms. The molecule has 0 aliphatic carbocycles. The predicted octanol–water partition coefficient (Wildman–Crippen LogP) is 5.66. The van der Waals surface area contributed by atoms with Crippen LogP contribution in [0.1, 0.15) is 58.9 Å². The number of likely N-dealkylation sites (tertiary alicyclic amines) is 4. The average molecular weight is 694 g/mol. The molecule has 12 nitrogen and oxygen atoms in total. The van der Waals surface area contributed by atoms with Gasteiger partial charge in [-0.15, -0.1) is 0 Å². The molecule has 270 valence electrons. The van der Waals surface area contributed by atoms with Gasteiger partial charge in [-0.1, -0.05) is 18.2 Å². The van der Waals surface area contributed by atoms with E-state index < -0.39 is 5.60 Å². The molecule has 12 heteroatoms. The van der Waals surface area contributed by atoms with Crippen LogP contribution in [0, 0.1) is 0 Å². The topological polar surface area (TPSA) is 118 Å². The number of amides is 1. The molecule has 2 aromatic carbocycles. The van der Waals surface area contributed by atoms with Crippen LogP contribution in [0.25, 0.3) is 22.3 Å². The van der Waals surface area contributed by atoms with Crippen LogP contribution in [0.4, 0.5) is 10.6 Å². The summed E-state index contributed by atoms with van der Waals surface area (Å²) in [5, 5.41) is 5.95. The van der Waals surface area contributed by atoms with Gasteiger partial charge in [0.05, 0.1) is 11.4 Å². The number of nitrogens with zero attached hydrogens (tertiary/aromatic N) is 8. The highest BCUT2D eigenvalue weighted by molar-refractivity contribution is 5.98. The average Bonchev–Trinajstić information content (AvgIpc) is 3.75. The van der Waals surface area contributed by atoms with Gasteiger partial charge in [-0.25, -0.2) is 19.4 Å². The molecule has 2 aromatic heterocycles. The number of aromatic nitrogens is 4. The number of benzene rings is 2. The molecule has 4 saturated heterocycles. The van der Waals surface area contributed by atoms with E-state index in [1.807, 2.05) is 80.3 Å². The Labute approximate surface area is 300 Å². The van der Waals surface area contributed by atoms with Crippen molar-refractivity contribution in [2.24, 2.45) is 0 Å². The lowest BCUT2D eigenvalue weighted by molar-refractivity contribution is -0.0175.